The van der Waals surface area contributed by atoms with E-state index in [9.17, 15) is 54.3 Å². The molecule has 326 valence electrons. The summed E-state index contributed by atoms with van der Waals surface area (Å²) in [5.41, 5.74) is 0.904. The van der Waals surface area contributed by atoms with E-state index in [4.69, 9.17) is 14.2 Å². The van der Waals surface area contributed by atoms with Crippen LogP contribution in [0.2, 0.25) is 0 Å². The lowest BCUT2D eigenvalue weighted by Gasteiger charge is -2.41. The number of alkyl carbamates (subject to hydrolysis) is 1. The number of amides is 5. The number of nitro benzene ring substituents is 3. The van der Waals surface area contributed by atoms with Crippen molar-refractivity contribution in [1.29, 1.82) is 0 Å². The molecule has 0 saturated carbocycles. The quantitative estimate of drug-likeness (QED) is 0.0582. The third-order valence-corrected chi connectivity index (χ3v) is 10.6. The number of benzene rings is 3. The molecule has 3 heterocycles. The number of carbonyl (C=O) groups is 5. The first-order chi connectivity index (χ1) is 29.6. The Morgan fingerprint density at radius 2 is 1.19 bits per heavy atom. The van der Waals surface area contributed by atoms with Crippen molar-refractivity contribution in [2.75, 3.05) is 26.2 Å². The van der Waals surface area contributed by atoms with Crippen molar-refractivity contribution in [3.8, 4) is 0 Å². The first kappa shape index (κ1) is 44.2. The Labute approximate surface area is 356 Å². The molecule has 3 aliphatic rings. The van der Waals surface area contributed by atoms with Crippen molar-refractivity contribution in [1.82, 2.24) is 25.3 Å². The molecule has 24 heteroatoms. The lowest BCUT2D eigenvalue weighted by atomic mass is 10.0. The fourth-order valence-electron chi connectivity index (χ4n) is 6.82. The highest BCUT2D eigenvalue weighted by molar-refractivity contribution is 7.81. The van der Waals surface area contributed by atoms with Gasteiger partial charge in [-0.3, -0.25) is 50.1 Å². The maximum Gasteiger partial charge on any atom is 0.437 e. The van der Waals surface area contributed by atoms with Crippen LogP contribution in [0.3, 0.4) is 0 Å². The summed E-state index contributed by atoms with van der Waals surface area (Å²) >= 11 is 4.50. The number of rotatable bonds is 12. The predicted octanol–water partition coefficient (Wildman–Crippen LogP) is 3.83. The molecular formula is C38H39N9O14S. The van der Waals surface area contributed by atoms with Crippen molar-refractivity contribution >= 4 is 65.7 Å². The van der Waals surface area contributed by atoms with Gasteiger partial charge in [0, 0.05) is 73.9 Å². The van der Waals surface area contributed by atoms with Crippen molar-refractivity contribution in [2.24, 2.45) is 4.99 Å². The standard InChI is InChI=1S/C38H39N9O14S/c48-33(39-26-13-15-42(18-26)34(49)32-17-30(62)19-44(32)38(52)61-22-25-5-11-29(12-6-25)47(57)58)31-14-16-43(31)35(40-36(50)59-20-23-1-7-27(8-2-23)45(53)54)41-37(51)60-21-24-3-9-28(10-4-24)46(55)56/h1-12,26,30-32,62H,13-22H2,(H,39,48)(H,40,41,50,51)/t26-,30-,31-,32-/m0/s1. The number of nitrogens with zero attached hydrogens (tertiary/aromatic N) is 7. The molecule has 0 aromatic heterocycles. The van der Waals surface area contributed by atoms with Crippen LogP contribution in [0.1, 0.15) is 36.0 Å². The molecule has 3 aromatic carbocycles. The SMILES string of the molecule is O=C(/N=C(\NC(=O)OCc1ccc([N+](=O)[O-])cc1)N1CC[C@H]1C(=O)N[C@H]1CCN(C(=O)[C@@H]2C[C@H](S)CN2C(=O)OCc2ccc([N+](=O)[O-])cc2)C1)OCc1ccc([N+](=O)[O-])cc1. The van der Waals surface area contributed by atoms with Gasteiger partial charge in [0.05, 0.1) is 14.8 Å². The number of hydrogen-bond acceptors (Lipinski definition) is 15. The first-order valence-corrected chi connectivity index (χ1v) is 19.5. The molecule has 4 atom stereocenters. The Balaban J connectivity index is 1.05. The summed E-state index contributed by atoms with van der Waals surface area (Å²) in [5, 5.41) is 37.9. The molecule has 3 aromatic rings. The van der Waals surface area contributed by atoms with Crippen molar-refractivity contribution < 1.29 is 53.0 Å². The number of non-ortho nitro benzene ring substituents is 3. The minimum atomic E-state index is -1.16. The van der Waals surface area contributed by atoms with E-state index >= 15 is 0 Å². The molecule has 23 nitrogen and oxygen atoms in total. The number of carbonyl (C=O) groups excluding carboxylic acids is 5. The highest BCUT2D eigenvalue weighted by Gasteiger charge is 2.44. The van der Waals surface area contributed by atoms with Crippen LogP contribution in [0.25, 0.3) is 0 Å². The zero-order valence-corrected chi connectivity index (χ0v) is 33.5. The van der Waals surface area contributed by atoms with Gasteiger partial charge in [0.1, 0.15) is 31.9 Å². The summed E-state index contributed by atoms with van der Waals surface area (Å²) in [5.74, 6) is -1.21. The first-order valence-electron chi connectivity index (χ1n) is 19.0. The Kier molecular flexibility index (Phi) is 14.1. The van der Waals surface area contributed by atoms with Crippen LogP contribution in [0, 0.1) is 30.3 Å². The second kappa shape index (κ2) is 19.8. The van der Waals surface area contributed by atoms with Crippen molar-refractivity contribution in [3.05, 3.63) is 120 Å². The number of likely N-dealkylation sites (tertiary alicyclic amines) is 3. The smallest absolute Gasteiger partial charge is 0.437 e. The van der Waals surface area contributed by atoms with Gasteiger partial charge in [0.25, 0.3) is 17.1 Å². The molecule has 3 fully saturated rings. The highest BCUT2D eigenvalue weighted by atomic mass is 32.1. The molecule has 62 heavy (non-hydrogen) atoms. The minimum absolute atomic E-state index is 0.113. The van der Waals surface area contributed by atoms with Gasteiger partial charge in [-0.15, -0.1) is 4.99 Å². The fourth-order valence-corrected chi connectivity index (χ4v) is 7.20. The molecule has 5 amide bonds. The van der Waals surface area contributed by atoms with Gasteiger partial charge in [-0.05, 0) is 72.4 Å². The predicted molar refractivity (Wildman–Crippen MR) is 217 cm³/mol. The Hall–Kier alpha value is -7.37. The van der Waals surface area contributed by atoms with Crippen LogP contribution in [0.4, 0.5) is 31.4 Å². The molecule has 3 aliphatic heterocycles. The van der Waals surface area contributed by atoms with Crippen LogP contribution >= 0.6 is 12.6 Å². The molecule has 2 N–H and O–H groups in total. The van der Waals surface area contributed by atoms with E-state index in [1.165, 1.54) is 87.5 Å². The topological polar surface area (TPSA) is 289 Å². The lowest BCUT2D eigenvalue weighted by molar-refractivity contribution is -0.385. The van der Waals surface area contributed by atoms with Crippen LogP contribution in [-0.4, -0.2) is 115 Å². The summed E-state index contributed by atoms with van der Waals surface area (Å²) < 4.78 is 15.9. The number of guanidine groups is 1. The normalized spacial score (nSPS) is 19.5. The summed E-state index contributed by atoms with van der Waals surface area (Å²) in [7, 11) is 0. The monoisotopic (exact) mass is 877 g/mol. The summed E-state index contributed by atoms with van der Waals surface area (Å²) in [6.45, 7) is -0.0811. The average molecular weight is 878 g/mol. The average Bonchev–Trinajstić information content (AvgIpc) is 3.87. The molecule has 0 unspecified atom stereocenters. The van der Waals surface area contributed by atoms with Crippen LogP contribution in [0.15, 0.2) is 77.8 Å². The number of nitro groups is 3. The largest absolute Gasteiger partial charge is 0.445 e. The fraction of sp³-hybridized carbons (Fsp3) is 0.368. The highest BCUT2D eigenvalue weighted by Crippen LogP contribution is 2.27. The zero-order valence-electron chi connectivity index (χ0n) is 32.6. The van der Waals surface area contributed by atoms with E-state index in [1.54, 1.807) is 0 Å². The summed E-state index contributed by atoms with van der Waals surface area (Å²) in [6, 6.07) is 13.7. The second-order valence-corrected chi connectivity index (χ2v) is 15.1. The Morgan fingerprint density at radius 1 is 0.677 bits per heavy atom. The number of nitrogens with one attached hydrogen (secondary N) is 2. The van der Waals surface area contributed by atoms with Gasteiger partial charge >= 0.3 is 18.3 Å². The molecule has 0 aliphatic carbocycles. The van der Waals surface area contributed by atoms with Gasteiger partial charge in [0.15, 0.2) is 0 Å². The van der Waals surface area contributed by atoms with Crippen molar-refractivity contribution in [2.45, 2.75) is 62.5 Å². The molecule has 6 rings (SSSR count). The molecule has 0 radical (unpaired) electrons. The second-order valence-electron chi connectivity index (χ2n) is 14.4. The number of aliphatic imine (C=N–C) groups is 1. The van der Waals surface area contributed by atoms with E-state index in [0.29, 0.717) is 29.5 Å². The van der Waals surface area contributed by atoms with E-state index in [2.05, 4.69) is 28.3 Å². The van der Waals surface area contributed by atoms with Gasteiger partial charge in [-0.1, -0.05) is 0 Å². The van der Waals surface area contributed by atoms with E-state index < -0.39 is 57.1 Å². The number of hydrogen-bond donors (Lipinski definition) is 3. The summed E-state index contributed by atoms with van der Waals surface area (Å²) in [6.07, 6.45) is -2.04. The van der Waals surface area contributed by atoms with Crippen LogP contribution in [0.5, 0.6) is 0 Å². The zero-order chi connectivity index (χ0) is 44.5. The van der Waals surface area contributed by atoms with Crippen molar-refractivity contribution in [3.63, 3.8) is 0 Å². The molecule has 0 bridgehead atoms. The summed E-state index contributed by atoms with van der Waals surface area (Å²) in [4.78, 5) is 106. The number of ether oxygens (including phenoxy) is 3. The van der Waals surface area contributed by atoms with Gasteiger partial charge in [-0.2, -0.15) is 12.6 Å². The molecule has 3 saturated heterocycles. The minimum Gasteiger partial charge on any atom is -0.445 e. The van der Waals surface area contributed by atoms with Crippen LogP contribution in [-0.2, 0) is 43.6 Å². The van der Waals surface area contributed by atoms with Gasteiger partial charge in [-0.25, -0.2) is 14.4 Å². The Bertz CT molecular complexity index is 2240. The molecule has 0 spiro atoms. The third kappa shape index (κ3) is 11.3. The third-order valence-electron chi connectivity index (χ3n) is 10.2. The number of thiol groups is 1. The van der Waals surface area contributed by atoms with Crippen LogP contribution < -0.4 is 10.6 Å². The van der Waals surface area contributed by atoms with Gasteiger partial charge < -0.3 is 29.3 Å². The Morgan fingerprint density at radius 3 is 1.69 bits per heavy atom. The maximum absolute atomic E-state index is 13.7. The maximum atomic E-state index is 13.7. The lowest BCUT2D eigenvalue weighted by Crippen LogP contribution is -2.63. The van der Waals surface area contributed by atoms with Gasteiger partial charge in [0.2, 0.25) is 17.8 Å². The van der Waals surface area contributed by atoms with E-state index in [0.717, 1.165) is 0 Å². The van der Waals surface area contributed by atoms with E-state index in [-0.39, 0.29) is 86.6 Å². The van der Waals surface area contributed by atoms with E-state index in [1.807, 2.05) is 0 Å². The molecular weight excluding hydrogens is 839 g/mol.